The highest BCUT2D eigenvalue weighted by molar-refractivity contribution is 4.93. The van der Waals surface area contributed by atoms with Crippen molar-refractivity contribution in [1.82, 2.24) is 9.55 Å². The van der Waals surface area contributed by atoms with E-state index < -0.39 is 48.5 Å². The van der Waals surface area contributed by atoms with E-state index in [1.807, 2.05) is 0 Å². The summed E-state index contributed by atoms with van der Waals surface area (Å²) < 4.78 is 11.4. The Bertz CT molecular complexity index is 614. The second-order valence-corrected chi connectivity index (χ2v) is 5.18. The molecule has 130 valence electrons. The standard InChI is InChI=1S/C13H20N2O8/c1-7(6-20-2)22-23-11-10(18)8(5-16)21-12(11)15-4-3-9(17)14-13(15)19/h3-4,7-8,10-12,16,18H,5-6H2,1-2H3,(H,14,17,19)/t7?,8-,10?,11?,12-/m0/s1. The minimum absolute atomic E-state index is 0.260. The van der Waals surface area contributed by atoms with E-state index in [1.54, 1.807) is 6.92 Å². The lowest BCUT2D eigenvalue weighted by atomic mass is 10.1. The number of aromatic nitrogens is 2. The van der Waals surface area contributed by atoms with Crippen molar-refractivity contribution in [3.8, 4) is 0 Å². The van der Waals surface area contributed by atoms with E-state index in [-0.39, 0.29) is 6.61 Å². The van der Waals surface area contributed by atoms with E-state index in [4.69, 9.17) is 19.2 Å². The highest BCUT2D eigenvalue weighted by atomic mass is 17.2. The first-order chi connectivity index (χ1) is 11.0. The van der Waals surface area contributed by atoms with Gasteiger partial charge in [0.15, 0.2) is 12.3 Å². The molecule has 5 atom stereocenters. The van der Waals surface area contributed by atoms with E-state index in [2.05, 4.69) is 4.98 Å². The zero-order chi connectivity index (χ0) is 17.0. The van der Waals surface area contributed by atoms with Gasteiger partial charge in [0.05, 0.1) is 13.2 Å². The van der Waals surface area contributed by atoms with E-state index in [9.17, 15) is 19.8 Å². The van der Waals surface area contributed by atoms with Gasteiger partial charge in [-0.1, -0.05) is 0 Å². The van der Waals surface area contributed by atoms with Gasteiger partial charge >= 0.3 is 5.69 Å². The van der Waals surface area contributed by atoms with Crippen molar-refractivity contribution in [2.24, 2.45) is 0 Å². The zero-order valence-electron chi connectivity index (χ0n) is 12.7. The van der Waals surface area contributed by atoms with Gasteiger partial charge in [0.1, 0.15) is 18.3 Å². The molecule has 0 spiro atoms. The molecule has 23 heavy (non-hydrogen) atoms. The number of methoxy groups -OCH3 is 1. The monoisotopic (exact) mass is 332 g/mol. The first kappa shape index (κ1) is 17.8. The van der Waals surface area contributed by atoms with Crippen molar-refractivity contribution in [2.45, 2.75) is 37.6 Å². The van der Waals surface area contributed by atoms with Crippen LogP contribution < -0.4 is 11.2 Å². The van der Waals surface area contributed by atoms with Crippen molar-refractivity contribution in [1.29, 1.82) is 0 Å². The van der Waals surface area contributed by atoms with Crippen LogP contribution in [0.4, 0.5) is 0 Å². The van der Waals surface area contributed by atoms with Crippen molar-refractivity contribution in [2.75, 3.05) is 20.3 Å². The largest absolute Gasteiger partial charge is 0.394 e. The Morgan fingerprint density at radius 3 is 2.83 bits per heavy atom. The van der Waals surface area contributed by atoms with Crippen LogP contribution in [0.1, 0.15) is 13.2 Å². The van der Waals surface area contributed by atoms with Gasteiger partial charge in [0.2, 0.25) is 0 Å². The van der Waals surface area contributed by atoms with Crippen LogP contribution in [0, 0.1) is 0 Å². The summed E-state index contributed by atoms with van der Waals surface area (Å²) in [6.45, 7) is 1.48. The molecule has 3 N–H and O–H groups in total. The minimum atomic E-state index is -1.22. The lowest BCUT2D eigenvalue weighted by molar-refractivity contribution is -0.369. The van der Waals surface area contributed by atoms with Crippen molar-refractivity contribution in [3.63, 3.8) is 0 Å². The van der Waals surface area contributed by atoms with Gasteiger partial charge < -0.3 is 19.7 Å². The van der Waals surface area contributed by atoms with E-state index in [0.29, 0.717) is 0 Å². The maximum Gasteiger partial charge on any atom is 0.330 e. The van der Waals surface area contributed by atoms with Crippen molar-refractivity contribution in [3.05, 3.63) is 33.1 Å². The third-order valence-corrected chi connectivity index (χ3v) is 3.35. The van der Waals surface area contributed by atoms with Crippen LogP contribution in [0.5, 0.6) is 0 Å². The smallest absolute Gasteiger partial charge is 0.330 e. The number of aromatic amines is 1. The van der Waals surface area contributed by atoms with Gasteiger partial charge in [-0.25, -0.2) is 14.6 Å². The van der Waals surface area contributed by atoms with E-state index in [0.717, 1.165) is 10.6 Å². The predicted octanol–water partition coefficient (Wildman–Crippen LogP) is -1.86. The number of aliphatic hydroxyl groups is 2. The van der Waals surface area contributed by atoms with E-state index in [1.165, 1.54) is 13.3 Å². The molecular weight excluding hydrogens is 312 g/mol. The molecule has 1 saturated heterocycles. The van der Waals surface area contributed by atoms with Gasteiger partial charge in [-0.05, 0) is 6.92 Å². The maximum atomic E-state index is 11.9. The second-order valence-electron chi connectivity index (χ2n) is 5.18. The van der Waals surface area contributed by atoms with Crippen LogP contribution in [0.15, 0.2) is 21.9 Å². The Balaban J connectivity index is 2.20. The fourth-order valence-corrected chi connectivity index (χ4v) is 2.25. The average molecular weight is 332 g/mol. The third-order valence-electron chi connectivity index (χ3n) is 3.35. The van der Waals surface area contributed by atoms with Crippen LogP contribution >= 0.6 is 0 Å². The van der Waals surface area contributed by atoms with Gasteiger partial charge in [-0.3, -0.25) is 14.3 Å². The first-order valence-corrected chi connectivity index (χ1v) is 7.04. The number of nitrogens with zero attached hydrogens (tertiary/aromatic N) is 1. The summed E-state index contributed by atoms with van der Waals surface area (Å²) in [5.74, 6) is 0. The Morgan fingerprint density at radius 2 is 2.22 bits per heavy atom. The molecule has 3 unspecified atom stereocenters. The van der Waals surface area contributed by atoms with Crippen molar-refractivity contribution < 1.29 is 29.5 Å². The zero-order valence-corrected chi connectivity index (χ0v) is 12.7. The van der Waals surface area contributed by atoms with Gasteiger partial charge in [-0.2, -0.15) is 0 Å². The molecule has 0 bridgehead atoms. The lowest BCUT2D eigenvalue weighted by Gasteiger charge is -2.22. The van der Waals surface area contributed by atoms with Crippen LogP contribution in [0.3, 0.4) is 0 Å². The Morgan fingerprint density at radius 1 is 1.48 bits per heavy atom. The summed E-state index contributed by atoms with van der Waals surface area (Å²) in [5.41, 5.74) is -1.29. The van der Waals surface area contributed by atoms with Gasteiger partial charge in [0.25, 0.3) is 5.56 Å². The summed E-state index contributed by atoms with van der Waals surface area (Å²) in [6.07, 6.45) is -3.53. The lowest BCUT2D eigenvalue weighted by Crippen LogP contribution is -2.40. The Labute approximate surface area is 131 Å². The summed E-state index contributed by atoms with van der Waals surface area (Å²) in [4.78, 5) is 35.4. The third kappa shape index (κ3) is 4.05. The molecule has 1 aliphatic rings. The Kier molecular flexibility index (Phi) is 6.04. The molecular formula is C13H20N2O8. The van der Waals surface area contributed by atoms with Crippen LogP contribution in [0.25, 0.3) is 0 Å². The summed E-state index contributed by atoms with van der Waals surface area (Å²) in [6, 6.07) is 1.13. The minimum Gasteiger partial charge on any atom is -0.394 e. The topological polar surface area (TPSA) is 132 Å². The predicted molar refractivity (Wildman–Crippen MR) is 75.6 cm³/mol. The second kappa shape index (κ2) is 7.81. The quantitative estimate of drug-likeness (QED) is 0.391. The molecule has 1 fully saturated rings. The molecule has 0 aliphatic carbocycles. The number of rotatable bonds is 7. The highest BCUT2D eigenvalue weighted by Gasteiger charge is 2.46. The number of H-pyrrole nitrogens is 1. The molecule has 0 aromatic carbocycles. The number of nitrogens with one attached hydrogen (secondary N) is 1. The summed E-state index contributed by atoms with van der Waals surface area (Å²) in [7, 11) is 1.50. The van der Waals surface area contributed by atoms with Gasteiger partial charge in [0, 0.05) is 19.4 Å². The fraction of sp³-hybridized carbons (Fsp3) is 0.692. The number of ether oxygens (including phenoxy) is 2. The van der Waals surface area contributed by atoms with E-state index >= 15 is 0 Å². The summed E-state index contributed by atoms with van der Waals surface area (Å²) >= 11 is 0. The Hall–Kier alpha value is -1.56. The van der Waals surface area contributed by atoms with Crippen LogP contribution in [0.2, 0.25) is 0 Å². The SMILES string of the molecule is COCC(C)OOC1C(O)[C@H](CO)O[C@@H]1n1ccc(=O)[nH]c1=O. The number of hydrogen-bond acceptors (Lipinski definition) is 8. The normalized spacial score (nSPS) is 28.9. The highest BCUT2D eigenvalue weighted by Crippen LogP contribution is 2.31. The number of hydrogen-bond donors (Lipinski definition) is 3. The molecule has 1 aromatic rings. The van der Waals surface area contributed by atoms with Crippen molar-refractivity contribution >= 4 is 0 Å². The molecule has 0 saturated carbocycles. The molecule has 10 heteroatoms. The fourth-order valence-electron chi connectivity index (χ4n) is 2.25. The molecule has 2 rings (SSSR count). The average Bonchev–Trinajstić information content (AvgIpc) is 2.81. The van der Waals surface area contributed by atoms with Gasteiger partial charge in [-0.15, -0.1) is 0 Å². The molecule has 2 heterocycles. The summed E-state index contributed by atoms with van der Waals surface area (Å²) in [5, 5.41) is 19.4. The molecule has 0 radical (unpaired) electrons. The maximum absolute atomic E-state index is 11.9. The number of aliphatic hydroxyl groups excluding tert-OH is 2. The molecule has 1 aromatic heterocycles. The first-order valence-electron chi connectivity index (χ1n) is 7.04. The molecule has 1 aliphatic heterocycles. The van der Waals surface area contributed by atoms with Crippen LogP contribution in [-0.4, -0.2) is 64.5 Å². The molecule has 10 nitrogen and oxygen atoms in total. The molecule has 0 amide bonds. The van der Waals surface area contributed by atoms with Crippen LogP contribution in [-0.2, 0) is 19.2 Å².